The number of fused-ring (bicyclic) bond motifs is 3. The molecule has 0 spiro atoms. The summed E-state index contributed by atoms with van der Waals surface area (Å²) in [6.45, 7) is 0. The van der Waals surface area contributed by atoms with Crippen LogP contribution < -0.4 is 9.47 Å². The van der Waals surface area contributed by atoms with Crippen LogP contribution in [0.4, 0.5) is 0 Å². The normalized spacial score (nSPS) is 11.2. The molecule has 0 radical (unpaired) electrons. The van der Waals surface area contributed by atoms with Crippen LogP contribution in [-0.2, 0) is 40.8 Å². The molecule has 0 unspecified atom stereocenters. The standard InChI is InChI=1S/C38H21N5O2.2Pd/c1-3-18-39-34(12-1)26-8-5-10-28(22-26)44-30-14-16-32-33-17-15-31(25-37(33)43(36(32)24-30)38-41-20-7-21-42-38)45-29-11-6-9-27(23-29)35-13-2-4-19-40-35;;/h1-21H;;/q-4;2*+2/i5D,6D;;. The number of hydrogen-bond acceptors (Lipinski definition) is 6. The molecule has 0 atom stereocenters. The molecular formula is C38H21N5O2Pd2. The Morgan fingerprint density at radius 3 is 1.43 bits per heavy atom. The fraction of sp³-hybridized carbons (Fsp3) is 0. The van der Waals surface area contributed by atoms with Crippen molar-refractivity contribution in [3.63, 3.8) is 0 Å². The Hall–Kier alpha value is -5.02. The van der Waals surface area contributed by atoms with Gasteiger partial charge < -0.3 is 24.0 Å². The van der Waals surface area contributed by atoms with E-state index in [2.05, 4.69) is 44.2 Å². The number of nitrogens with zero attached hydrogens (tertiary/aromatic N) is 5. The molecule has 0 aliphatic rings. The van der Waals surface area contributed by atoms with Crippen molar-refractivity contribution in [3.05, 3.63) is 152 Å². The topological polar surface area (TPSA) is 75.0 Å². The number of pyridine rings is 2. The van der Waals surface area contributed by atoms with E-state index >= 15 is 0 Å². The number of rotatable bonds is 7. The summed E-state index contributed by atoms with van der Waals surface area (Å²) in [6.07, 6.45) is 6.74. The van der Waals surface area contributed by atoms with Gasteiger partial charge in [0.25, 0.3) is 0 Å². The van der Waals surface area contributed by atoms with E-state index in [1.165, 1.54) is 0 Å². The zero-order chi connectivity index (χ0) is 31.7. The molecule has 7 nitrogen and oxygen atoms in total. The van der Waals surface area contributed by atoms with E-state index in [9.17, 15) is 0 Å². The second-order valence-corrected chi connectivity index (χ2v) is 9.90. The SMILES string of the molecule is [2H]c1cc(Oc2[c-]c3c(cc2)c2ccc(Oc4[c-]c(-c5ccccn5)cc([2H])c4)[c-]c2n3-c2ncccn2)[c-]c(-c2ccccn2)c1.[Pd+2].[Pd+2]. The van der Waals surface area contributed by atoms with Crippen LogP contribution in [0, 0.1) is 24.3 Å². The molecule has 0 fully saturated rings. The molecule has 0 aliphatic carbocycles. The Bertz CT molecular complexity index is 2250. The molecule has 9 heteroatoms. The van der Waals surface area contributed by atoms with Crippen molar-refractivity contribution in [2.75, 3.05) is 0 Å². The number of ether oxygens (including phenoxy) is 2. The predicted octanol–water partition coefficient (Wildman–Crippen LogP) is 8.48. The molecule has 8 aromatic rings. The monoisotopic (exact) mass is 793 g/mol. The van der Waals surface area contributed by atoms with Crippen molar-refractivity contribution in [3.8, 4) is 51.5 Å². The fourth-order valence-electron chi connectivity index (χ4n) is 5.03. The first-order chi connectivity index (χ1) is 23.1. The molecule has 0 amide bonds. The Kier molecular flexibility index (Phi) is 8.87. The molecular weight excluding hydrogens is 771 g/mol. The van der Waals surface area contributed by atoms with Crippen molar-refractivity contribution >= 4 is 21.8 Å². The van der Waals surface area contributed by atoms with Crippen LogP contribution in [-0.4, -0.2) is 24.5 Å². The van der Waals surface area contributed by atoms with Crippen molar-refractivity contribution in [1.29, 1.82) is 0 Å². The molecule has 4 heterocycles. The van der Waals surface area contributed by atoms with Gasteiger partial charge in [0.1, 0.15) is 0 Å². The Balaban J connectivity index is 0.00000208. The van der Waals surface area contributed by atoms with E-state index in [4.69, 9.17) is 12.2 Å². The summed E-state index contributed by atoms with van der Waals surface area (Å²) in [5.74, 6) is 2.00. The maximum Gasteiger partial charge on any atom is 2.00 e. The number of benzene rings is 4. The molecule has 8 rings (SSSR count). The second kappa shape index (κ2) is 14.2. The van der Waals surface area contributed by atoms with Gasteiger partial charge in [-0.05, 0) is 29.6 Å². The molecule has 0 N–H and O–H groups in total. The summed E-state index contributed by atoms with van der Waals surface area (Å²) in [7, 11) is 0. The van der Waals surface area contributed by atoms with Crippen molar-refractivity contribution < 1.29 is 53.1 Å². The predicted molar refractivity (Wildman–Crippen MR) is 171 cm³/mol. The van der Waals surface area contributed by atoms with Gasteiger partial charge in [-0.25, -0.2) is 9.97 Å². The van der Waals surface area contributed by atoms with Gasteiger partial charge in [0, 0.05) is 50.5 Å². The van der Waals surface area contributed by atoms with Gasteiger partial charge in [-0.2, -0.15) is 22.9 Å². The van der Waals surface area contributed by atoms with Crippen LogP contribution in [0.15, 0.2) is 128 Å². The molecule has 230 valence electrons. The minimum Gasteiger partial charge on any atom is -0.503 e. The molecule has 47 heavy (non-hydrogen) atoms. The van der Waals surface area contributed by atoms with Crippen LogP contribution in [0.2, 0.25) is 0 Å². The minimum absolute atomic E-state index is 0. The summed E-state index contributed by atoms with van der Waals surface area (Å²) < 4.78 is 30.9. The maximum absolute atomic E-state index is 8.32. The molecule has 4 aromatic heterocycles. The van der Waals surface area contributed by atoms with Crippen LogP contribution >= 0.6 is 0 Å². The maximum atomic E-state index is 8.32. The summed E-state index contributed by atoms with van der Waals surface area (Å²) in [4.78, 5) is 17.8. The average molecular weight is 794 g/mol. The third-order valence-corrected chi connectivity index (χ3v) is 7.01. The van der Waals surface area contributed by atoms with Crippen LogP contribution in [0.5, 0.6) is 23.0 Å². The van der Waals surface area contributed by atoms with Gasteiger partial charge in [0.15, 0.2) is 0 Å². The number of aromatic nitrogens is 5. The van der Waals surface area contributed by atoms with E-state index in [-0.39, 0.29) is 52.9 Å². The minimum atomic E-state index is 0. The van der Waals surface area contributed by atoms with Gasteiger partial charge in [-0.3, -0.25) is 0 Å². The Morgan fingerprint density at radius 2 is 0.957 bits per heavy atom. The van der Waals surface area contributed by atoms with Gasteiger partial charge in [-0.1, -0.05) is 47.4 Å². The van der Waals surface area contributed by atoms with Gasteiger partial charge >= 0.3 is 40.8 Å². The fourth-order valence-corrected chi connectivity index (χ4v) is 5.03. The first-order valence-corrected chi connectivity index (χ1v) is 14.0. The number of hydrogen-bond donors (Lipinski definition) is 0. The Morgan fingerprint density at radius 1 is 0.489 bits per heavy atom. The van der Waals surface area contributed by atoms with E-state index in [1.807, 2.05) is 65.2 Å². The van der Waals surface area contributed by atoms with Gasteiger partial charge in [0.05, 0.1) is 0 Å². The summed E-state index contributed by atoms with van der Waals surface area (Å²) in [5.41, 5.74) is 4.04. The molecule has 0 bridgehead atoms. The summed E-state index contributed by atoms with van der Waals surface area (Å²) in [6, 6.07) is 40.8. The van der Waals surface area contributed by atoms with Gasteiger partial charge in [0.2, 0.25) is 5.95 Å². The molecule has 4 aromatic carbocycles. The van der Waals surface area contributed by atoms with E-state index in [0.29, 0.717) is 62.5 Å². The van der Waals surface area contributed by atoms with Crippen LogP contribution in [0.3, 0.4) is 0 Å². The first-order valence-electron chi connectivity index (χ1n) is 15.0. The van der Waals surface area contributed by atoms with Crippen molar-refractivity contribution in [2.45, 2.75) is 0 Å². The van der Waals surface area contributed by atoms with E-state index < -0.39 is 0 Å². The molecule has 0 aliphatic heterocycles. The summed E-state index contributed by atoms with van der Waals surface area (Å²) in [5, 5.41) is 1.76. The zero-order valence-electron chi connectivity index (χ0n) is 26.2. The van der Waals surface area contributed by atoms with Crippen molar-refractivity contribution in [2.24, 2.45) is 0 Å². The van der Waals surface area contributed by atoms with Crippen molar-refractivity contribution in [1.82, 2.24) is 24.5 Å². The largest absolute Gasteiger partial charge is 2.00 e. The average Bonchev–Trinajstić information content (AvgIpc) is 3.41. The molecule has 0 saturated carbocycles. The zero-order valence-corrected chi connectivity index (χ0v) is 27.3. The van der Waals surface area contributed by atoms with Crippen LogP contribution in [0.1, 0.15) is 2.74 Å². The van der Waals surface area contributed by atoms with Gasteiger partial charge in [-0.15, -0.1) is 71.7 Å². The Labute approximate surface area is 301 Å². The van der Waals surface area contributed by atoms with E-state index in [0.717, 1.165) is 10.8 Å². The van der Waals surface area contributed by atoms with Crippen LogP contribution in [0.25, 0.3) is 50.3 Å². The smallest absolute Gasteiger partial charge is 0.503 e. The summed E-state index contributed by atoms with van der Waals surface area (Å²) >= 11 is 0. The second-order valence-electron chi connectivity index (χ2n) is 9.90. The third-order valence-electron chi connectivity index (χ3n) is 7.01. The molecule has 0 saturated heterocycles. The quantitative estimate of drug-likeness (QED) is 0.119. The van der Waals surface area contributed by atoms with E-state index in [1.54, 1.807) is 55.1 Å². The first kappa shape index (κ1) is 29.4. The third kappa shape index (κ3) is 6.62.